The number of fused-ring (bicyclic) bond motifs is 2. The van der Waals surface area contributed by atoms with Crippen molar-refractivity contribution < 1.29 is 14.3 Å². The van der Waals surface area contributed by atoms with Crippen molar-refractivity contribution in [2.24, 2.45) is 5.41 Å². The van der Waals surface area contributed by atoms with Crippen LogP contribution in [-0.4, -0.2) is 73.9 Å². The van der Waals surface area contributed by atoms with Crippen molar-refractivity contribution >= 4 is 55.8 Å². The molecule has 4 fully saturated rings. The van der Waals surface area contributed by atoms with Crippen LogP contribution in [0.1, 0.15) is 59.4 Å². The molecule has 5 heterocycles. The number of aryl methyl sites for hydroxylation is 1. The maximum atomic E-state index is 14.1. The predicted molar refractivity (Wildman–Crippen MR) is 195 cm³/mol. The number of halogens is 2. The number of anilines is 1. The monoisotopic (exact) mass is 721 g/mol. The van der Waals surface area contributed by atoms with Gasteiger partial charge in [0.05, 0.1) is 46.1 Å². The van der Waals surface area contributed by atoms with E-state index < -0.39 is 5.97 Å². The number of aromatic carboxylic acids is 1. The molecule has 10 nitrogen and oxygen atoms in total. The van der Waals surface area contributed by atoms with Gasteiger partial charge in [0.25, 0.3) is 5.56 Å². The molecule has 258 valence electrons. The Morgan fingerprint density at radius 3 is 2.67 bits per heavy atom. The van der Waals surface area contributed by atoms with E-state index in [1.165, 1.54) is 15.9 Å². The average molecular weight is 722 g/mol. The van der Waals surface area contributed by atoms with Crippen LogP contribution < -0.4 is 10.5 Å². The van der Waals surface area contributed by atoms with Crippen molar-refractivity contribution in [1.29, 1.82) is 5.26 Å². The first-order valence-corrected chi connectivity index (χ1v) is 18.1. The molecule has 1 aliphatic heterocycles. The first-order valence-electron chi connectivity index (χ1n) is 16.8. The Hall–Kier alpha value is -4.88. The molecule has 0 unspecified atom stereocenters. The number of thiophene rings is 1. The minimum Gasteiger partial charge on any atom is -0.478 e. The lowest BCUT2D eigenvalue weighted by molar-refractivity contribution is -0.230. The molecule has 0 radical (unpaired) electrons. The number of alkyl halides is 1. The second kappa shape index (κ2) is 12.4. The molecule has 0 amide bonds. The van der Waals surface area contributed by atoms with Gasteiger partial charge in [-0.3, -0.25) is 23.6 Å². The minimum absolute atomic E-state index is 0.0197. The molecule has 9 rings (SSSR count). The number of hydrogen-bond acceptors (Lipinski definition) is 9. The van der Waals surface area contributed by atoms with Crippen LogP contribution in [0.3, 0.4) is 0 Å². The topological polar surface area (TPSA) is 128 Å². The number of carboxylic acid groups (broad SMARTS) is 1. The van der Waals surface area contributed by atoms with Gasteiger partial charge in [0.1, 0.15) is 23.3 Å². The number of pyridine rings is 2. The Morgan fingerprint density at radius 1 is 1.20 bits per heavy atom. The summed E-state index contributed by atoms with van der Waals surface area (Å²) >= 11 is 7.69. The van der Waals surface area contributed by atoms with Gasteiger partial charge in [-0.1, -0.05) is 23.4 Å². The fraction of sp³-hybridized carbons (Fsp3) is 0.368. The lowest BCUT2D eigenvalue weighted by atomic mass is 9.39. The lowest BCUT2D eigenvalue weighted by Crippen LogP contribution is -2.76. The largest absolute Gasteiger partial charge is 0.478 e. The fourth-order valence-corrected chi connectivity index (χ4v) is 9.74. The summed E-state index contributed by atoms with van der Waals surface area (Å²) in [5, 5.41) is 22.3. The first kappa shape index (κ1) is 33.3. The Labute approximate surface area is 302 Å². The normalized spacial score (nSPS) is 21.4. The Bertz CT molecular complexity index is 2420. The summed E-state index contributed by atoms with van der Waals surface area (Å²) in [5.41, 5.74) is 2.94. The van der Waals surface area contributed by atoms with Gasteiger partial charge < -0.3 is 10.0 Å². The maximum Gasteiger partial charge on any atom is 0.338 e. The van der Waals surface area contributed by atoms with Gasteiger partial charge in [-0.25, -0.2) is 14.8 Å². The third kappa shape index (κ3) is 5.36. The molecule has 4 aliphatic rings. The number of nitriles is 1. The summed E-state index contributed by atoms with van der Waals surface area (Å²) in [5.74, 6) is 6.14. The van der Waals surface area contributed by atoms with E-state index in [-0.39, 0.29) is 52.3 Å². The van der Waals surface area contributed by atoms with E-state index in [9.17, 15) is 24.3 Å². The number of likely N-dealkylation sites (tertiary alicyclic amines) is 1. The van der Waals surface area contributed by atoms with Crippen LogP contribution in [0.5, 0.6) is 0 Å². The SMILES string of the molecule is Cc1nc2cnc(N(C)C3CCN(C45CC(CF)(C4)C5)CC3)c(C#N)c2c(=O)n1CC#Cc1ccc(Cl)cc1-c1ccnc2c(C(=O)O)csc12. The zero-order valence-electron chi connectivity index (χ0n) is 28.0. The molecule has 3 aliphatic carbocycles. The number of rotatable bonds is 7. The Morgan fingerprint density at radius 2 is 1.96 bits per heavy atom. The highest BCUT2D eigenvalue weighted by Crippen LogP contribution is 2.70. The predicted octanol–water partition coefficient (Wildman–Crippen LogP) is 6.44. The number of benzene rings is 1. The molecule has 1 N–H and O–H groups in total. The smallest absolute Gasteiger partial charge is 0.338 e. The molecule has 4 aromatic heterocycles. The number of nitrogens with zero attached hydrogens (tertiary/aromatic N) is 7. The van der Waals surface area contributed by atoms with E-state index in [0.29, 0.717) is 43.5 Å². The number of carbonyl (C=O) groups is 1. The van der Waals surface area contributed by atoms with Gasteiger partial charge in [0.2, 0.25) is 0 Å². The number of hydrogen-bond donors (Lipinski definition) is 1. The fourth-order valence-electron chi connectivity index (χ4n) is 8.54. The van der Waals surface area contributed by atoms with Crippen molar-refractivity contribution in [2.45, 2.75) is 57.2 Å². The zero-order valence-corrected chi connectivity index (χ0v) is 29.6. The number of aromatic nitrogens is 4. The summed E-state index contributed by atoms with van der Waals surface area (Å²) in [7, 11) is 1.93. The summed E-state index contributed by atoms with van der Waals surface area (Å²) in [6.45, 7) is 3.36. The molecule has 0 spiro atoms. The van der Waals surface area contributed by atoms with Crippen LogP contribution >= 0.6 is 22.9 Å². The molecule has 1 aromatic carbocycles. The molecule has 3 saturated carbocycles. The highest BCUT2D eigenvalue weighted by Gasteiger charge is 2.70. The van der Waals surface area contributed by atoms with Crippen LogP contribution in [0, 0.1) is 35.5 Å². The van der Waals surface area contributed by atoms with Gasteiger partial charge in [0.15, 0.2) is 0 Å². The van der Waals surface area contributed by atoms with E-state index in [2.05, 4.69) is 37.8 Å². The van der Waals surface area contributed by atoms with Gasteiger partial charge in [0, 0.05) is 70.4 Å². The van der Waals surface area contributed by atoms with Crippen LogP contribution in [0.2, 0.25) is 5.02 Å². The second-order valence-corrected chi connectivity index (χ2v) is 15.4. The van der Waals surface area contributed by atoms with Crippen molar-refractivity contribution in [3.63, 3.8) is 0 Å². The standard InChI is InChI=1S/C38H33ClFN7O3S/c1-22-44-30-16-43-34(45(2)25-8-12-46(13-9-25)38-18-37(19-38,20-38)21-40)28(15-41)31(30)35(48)47(22)11-3-4-23-5-6-24(39)14-27(23)26-7-10-42-32-29(36(49)50)17-51-33(26)32/h5-7,10,14,16-17,25H,8-9,11-13,18-21H2,1-2H3,(H,49,50). The summed E-state index contributed by atoms with van der Waals surface area (Å²) in [4.78, 5) is 43.9. The molecule has 0 atom stereocenters. The maximum absolute atomic E-state index is 14.1. The van der Waals surface area contributed by atoms with Crippen LogP contribution in [0.4, 0.5) is 10.2 Å². The lowest BCUT2D eigenvalue weighted by Gasteiger charge is -2.74. The van der Waals surface area contributed by atoms with E-state index in [1.807, 2.05) is 11.9 Å². The first-order chi connectivity index (χ1) is 24.6. The summed E-state index contributed by atoms with van der Waals surface area (Å²) in [6.07, 6.45) is 7.80. The average Bonchev–Trinajstić information content (AvgIpc) is 3.54. The Kier molecular flexibility index (Phi) is 8.10. The number of piperidine rings is 1. The molecule has 13 heteroatoms. The molecular formula is C38H33ClFN7O3S. The molecular weight excluding hydrogens is 689 g/mol. The third-order valence-corrected chi connectivity index (χ3v) is 12.3. The molecule has 2 bridgehead atoms. The number of carboxylic acids is 1. The molecule has 5 aromatic rings. The summed E-state index contributed by atoms with van der Waals surface area (Å²) < 4.78 is 15.5. The van der Waals surface area contributed by atoms with E-state index in [1.54, 1.807) is 49.0 Å². The van der Waals surface area contributed by atoms with E-state index in [4.69, 9.17) is 11.6 Å². The van der Waals surface area contributed by atoms with Crippen LogP contribution in [0.25, 0.3) is 32.2 Å². The van der Waals surface area contributed by atoms with Crippen molar-refractivity contribution in [3.8, 4) is 29.0 Å². The highest BCUT2D eigenvalue weighted by molar-refractivity contribution is 7.18. The van der Waals surface area contributed by atoms with Crippen molar-refractivity contribution in [3.05, 3.63) is 79.9 Å². The quantitative estimate of drug-likeness (QED) is 0.189. The molecule has 51 heavy (non-hydrogen) atoms. The van der Waals surface area contributed by atoms with E-state index in [0.717, 1.165) is 50.8 Å². The van der Waals surface area contributed by atoms with Gasteiger partial charge >= 0.3 is 5.97 Å². The van der Waals surface area contributed by atoms with E-state index >= 15 is 0 Å². The van der Waals surface area contributed by atoms with Gasteiger partial charge in [-0.15, -0.1) is 11.3 Å². The summed E-state index contributed by atoms with van der Waals surface area (Å²) in [6, 6.07) is 9.50. The van der Waals surface area contributed by atoms with Crippen LogP contribution in [0.15, 0.2) is 46.8 Å². The van der Waals surface area contributed by atoms with Crippen LogP contribution in [-0.2, 0) is 6.54 Å². The Balaban J connectivity index is 1.07. The zero-order chi connectivity index (χ0) is 35.7. The molecule has 1 saturated heterocycles. The minimum atomic E-state index is -1.05. The second-order valence-electron chi connectivity index (χ2n) is 14.1. The third-order valence-electron chi connectivity index (χ3n) is 11.1. The van der Waals surface area contributed by atoms with Crippen molar-refractivity contribution in [2.75, 3.05) is 31.7 Å². The van der Waals surface area contributed by atoms with Gasteiger partial charge in [-0.2, -0.15) is 5.26 Å². The highest BCUT2D eigenvalue weighted by atomic mass is 35.5. The van der Waals surface area contributed by atoms with Crippen molar-refractivity contribution in [1.82, 2.24) is 24.4 Å². The van der Waals surface area contributed by atoms with Gasteiger partial charge in [-0.05, 0) is 63.3 Å².